The van der Waals surface area contributed by atoms with Crippen molar-refractivity contribution >= 4 is 22.9 Å². The molecule has 0 saturated carbocycles. The van der Waals surface area contributed by atoms with Crippen LogP contribution in [0.2, 0.25) is 0 Å². The molecule has 21 heavy (non-hydrogen) atoms. The third kappa shape index (κ3) is 3.98. The molecule has 0 aliphatic carbocycles. The number of thiophene rings is 1. The average molecular weight is 304 g/mol. The third-order valence-electron chi connectivity index (χ3n) is 3.13. The number of carbonyl (C=O) groups excluding carboxylic acids is 1. The maximum Gasteiger partial charge on any atom is 0.264 e. The third-order valence-corrected chi connectivity index (χ3v) is 4.02. The molecular weight excluding hydrogens is 284 g/mol. The molecule has 0 unspecified atom stereocenters. The lowest BCUT2D eigenvalue weighted by molar-refractivity contribution is 0.0748. The zero-order valence-corrected chi connectivity index (χ0v) is 13.2. The van der Waals surface area contributed by atoms with E-state index in [4.69, 9.17) is 10.5 Å². The molecule has 0 aliphatic rings. The van der Waals surface area contributed by atoms with Gasteiger partial charge >= 0.3 is 0 Å². The lowest BCUT2D eigenvalue weighted by Gasteiger charge is -2.21. The van der Waals surface area contributed by atoms with E-state index in [-0.39, 0.29) is 5.91 Å². The summed E-state index contributed by atoms with van der Waals surface area (Å²) in [5.74, 6) is 0.760. The Kier molecular flexibility index (Phi) is 5.22. The Morgan fingerprint density at radius 1 is 1.38 bits per heavy atom. The second-order valence-corrected chi connectivity index (χ2v) is 5.73. The van der Waals surface area contributed by atoms with Gasteiger partial charge in [0, 0.05) is 30.2 Å². The molecule has 1 aromatic carbocycles. The van der Waals surface area contributed by atoms with Crippen molar-refractivity contribution < 1.29 is 9.53 Å². The van der Waals surface area contributed by atoms with Gasteiger partial charge in [-0.15, -0.1) is 11.3 Å². The number of carbonyl (C=O) groups is 1. The van der Waals surface area contributed by atoms with Crippen LogP contribution in [0.1, 0.15) is 28.6 Å². The molecule has 0 aliphatic heterocycles. The molecule has 1 aromatic heterocycles. The normalized spacial score (nSPS) is 10.4. The quantitative estimate of drug-likeness (QED) is 0.832. The molecule has 1 heterocycles. The SMILES string of the molecule is CCCN(Cc1cccc(N)c1)C(=O)c1cc(OC)cs1. The van der Waals surface area contributed by atoms with Crippen LogP contribution in [0.5, 0.6) is 5.75 Å². The molecule has 0 atom stereocenters. The minimum Gasteiger partial charge on any atom is -0.496 e. The first-order valence-corrected chi connectivity index (χ1v) is 7.78. The van der Waals surface area contributed by atoms with Crippen LogP contribution in [0.4, 0.5) is 5.69 Å². The maximum atomic E-state index is 12.6. The number of hydrogen-bond acceptors (Lipinski definition) is 4. The minimum atomic E-state index is 0.0348. The highest BCUT2D eigenvalue weighted by Gasteiger charge is 2.17. The number of rotatable bonds is 6. The summed E-state index contributed by atoms with van der Waals surface area (Å²) >= 11 is 1.41. The number of amides is 1. The van der Waals surface area contributed by atoms with Gasteiger partial charge < -0.3 is 15.4 Å². The molecule has 0 bridgehead atoms. The van der Waals surface area contributed by atoms with Crippen LogP contribution in [-0.2, 0) is 6.54 Å². The molecule has 0 radical (unpaired) electrons. The molecule has 2 N–H and O–H groups in total. The molecule has 0 spiro atoms. The number of nitrogens with zero attached hydrogens (tertiary/aromatic N) is 1. The Hall–Kier alpha value is -2.01. The Morgan fingerprint density at radius 3 is 2.81 bits per heavy atom. The number of benzene rings is 1. The van der Waals surface area contributed by atoms with Gasteiger partial charge in [-0.05, 0) is 24.1 Å². The summed E-state index contributed by atoms with van der Waals surface area (Å²) in [6.07, 6.45) is 0.913. The second-order valence-electron chi connectivity index (χ2n) is 4.82. The van der Waals surface area contributed by atoms with Gasteiger partial charge in [0.2, 0.25) is 0 Å². The van der Waals surface area contributed by atoms with Crippen molar-refractivity contribution in [2.75, 3.05) is 19.4 Å². The van der Waals surface area contributed by atoms with Crippen molar-refractivity contribution in [2.45, 2.75) is 19.9 Å². The summed E-state index contributed by atoms with van der Waals surface area (Å²) < 4.78 is 5.14. The van der Waals surface area contributed by atoms with E-state index in [0.29, 0.717) is 23.7 Å². The van der Waals surface area contributed by atoms with E-state index in [1.54, 1.807) is 13.2 Å². The molecule has 4 nitrogen and oxygen atoms in total. The summed E-state index contributed by atoms with van der Waals surface area (Å²) in [5, 5.41) is 1.85. The fourth-order valence-corrected chi connectivity index (χ4v) is 2.95. The number of nitrogen functional groups attached to an aromatic ring is 1. The molecule has 0 fully saturated rings. The molecule has 0 saturated heterocycles. The van der Waals surface area contributed by atoms with Crippen molar-refractivity contribution in [1.82, 2.24) is 4.90 Å². The van der Waals surface area contributed by atoms with E-state index in [1.807, 2.05) is 34.5 Å². The average Bonchev–Trinajstić information content (AvgIpc) is 2.95. The zero-order chi connectivity index (χ0) is 15.2. The van der Waals surface area contributed by atoms with Crippen molar-refractivity contribution in [3.63, 3.8) is 0 Å². The Bertz CT molecular complexity index is 610. The number of methoxy groups -OCH3 is 1. The van der Waals surface area contributed by atoms with Gasteiger partial charge in [0.25, 0.3) is 5.91 Å². The van der Waals surface area contributed by atoms with E-state index in [0.717, 1.165) is 17.7 Å². The van der Waals surface area contributed by atoms with E-state index in [2.05, 4.69) is 6.92 Å². The number of nitrogens with two attached hydrogens (primary N) is 1. The molecule has 2 rings (SSSR count). The summed E-state index contributed by atoms with van der Waals surface area (Å²) in [6, 6.07) is 9.44. The molecule has 2 aromatic rings. The predicted octanol–water partition coefficient (Wildman–Crippen LogP) is 3.39. The van der Waals surface area contributed by atoms with Crippen LogP contribution >= 0.6 is 11.3 Å². The van der Waals surface area contributed by atoms with Crippen LogP contribution in [-0.4, -0.2) is 24.5 Å². The molecular formula is C16H20N2O2S. The van der Waals surface area contributed by atoms with Crippen molar-refractivity contribution in [3.05, 3.63) is 46.2 Å². The van der Waals surface area contributed by atoms with Crippen molar-refractivity contribution in [3.8, 4) is 5.75 Å². The molecule has 112 valence electrons. The predicted molar refractivity (Wildman–Crippen MR) is 86.8 cm³/mol. The minimum absolute atomic E-state index is 0.0348. The van der Waals surface area contributed by atoms with Gasteiger partial charge in [0.15, 0.2) is 0 Å². The smallest absolute Gasteiger partial charge is 0.264 e. The van der Waals surface area contributed by atoms with E-state index in [1.165, 1.54) is 11.3 Å². The van der Waals surface area contributed by atoms with E-state index < -0.39 is 0 Å². The lowest BCUT2D eigenvalue weighted by atomic mass is 10.2. The van der Waals surface area contributed by atoms with E-state index >= 15 is 0 Å². The van der Waals surface area contributed by atoms with E-state index in [9.17, 15) is 4.79 Å². The lowest BCUT2D eigenvalue weighted by Crippen LogP contribution is -2.30. The van der Waals surface area contributed by atoms with Crippen LogP contribution < -0.4 is 10.5 Å². The van der Waals surface area contributed by atoms with Gasteiger partial charge in [0.1, 0.15) is 5.75 Å². The fraction of sp³-hybridized carbons (Fsp3) is 0.312. The van der Waals surface area contributed by atoms with Gasteiger partial charge in [-0.25, -0.2) is 0 Å². The standard InChI is InChI=1S/C16H20N2O2S/c1-3-7-18(10-12-5-4-6-13(17)8-12)16(19)15-9-14(20-2)11-21-15/h4-6,8-9,11H,3,7,10,17H2,1-2H3. The monoisotopic (exact) mass is 304 g/mol. The van der Waals surface area contributed by atoms with Crippen molar-refractivity contribution in [2.24, 2.45) is 0 Å². The van der Waals surface area contributed by atoms with Gasteiger partial charge in [-0.1, -0.05) is 19.1 Å². The number of hydrogen-bond donors (Lipinski definition) is 1. The molecule has 1 amide bonds. The van der Waals surface area contributed by atoms with Crippen LogP contribution in [0.3, 0.4) is 0 Å². The van der Waals surface area contributed by atoms with Crippen LogP contribution in [0.15, 0.2) is 35.7 Å². The van der Waals surface area contributed by atoms with Crippen LogP contribution in [0, 0.1) is 0 Å². The maximum absolute atomic E-state index is 12.6. The zero-order valence-electron chi connectivity index (χ0n) is 12.3. The number of ether oxygens (including phenoxy) is 1. The van der Waals surface area contributed by atoms with Crippen molar-refractivity contribution in [1.29, 1.82) is 0 Å². The highest BCUT2D eigenvalue weighted by molar-refractivity contribution is 7.12. The topological polar surface area (TPSA) is 55.6 Å². The molecule has 5 heteroatoms. The van der Waals surface area contributed by atoms with Gasteiger partial charge in [-0.3, -0.25) is 4.79 Å². The van der Waals surface area contributed by atoms with Gasteiger partial charge in [0.05, 0.1) is 12.0 Å². The number of anilines is 1. The Labute approximate surface area is 129 Å². The summed E-state index contributed by atoms with van der Waals surface area (Å²) in [7, 11) is 1.60. The summed E-state index contributed by atoms with van der Waals surface area (Å²) in [4.78, 5) is 15.1. The highest BCUT2D eigenvalue weighted by atomic mass is 32.1. The fourth-order valence-electron chi connectivity index (χ4n) is 2.13. The first kappa shape index (κ1) is 15.4. The Balaban J connectivity index is 2.15. The first-order valence-electron chi connectivity index (χ1n) is 6.90. The largest absolute Gasteiger partial charge is 0.496 e. The summed E-state index contributed by atoms with van der Waals surface area (Å²) in [5.41, 5.74) is 7.56. The Morgan fingerprint density at radius 2 is 2.19 bits per heavy atom. The van der Waals surface area contributed by atoms with Gasteiger partial charge in [-0.2, -0.15) is 0 Å². The second kappa shape index (κ2) is 7.13. The summed E-state index contributed by atoms with van der Waals surface area (Å²) in [6.45, 7) is 3.35. The first-order chi connectivity index (χ1) is 10.1. The highest BCUT2D eigenvalue weighted by Crippen LogP contribution is 2.23. The van der Waals surface area contributed by atoms with Crippen LogP contribution in [0.25, 0.3) is 0 Å².